The van der Waals surface area contributed by atoms with Gasteiger partial charge in [0.25, 0.3) is 0 Å². The van der Waals surface area contributed by atoms with Crippen LogP contribution in [0.4, 0.5) is 27.6 Å². The van der Waals surface area contributed by atoms with Gasteiger partial charge in [-0.2, -0.15) is 18.4 Å². The first-order chi connectivity index (χ1) is 17.1. The molecule has 0 radical (unpaired) electrons. The van der Waals surface area contributed by atoms with Crippen LogP contribution in [0.2, 0.25) is 0 Å². The van der Waals surface area contributed by atoms with Crippen LogP contribution in [0.5, 0.6) is 0 Å². The van der Waals surface area contributed by atoms with Gasteiger partial charge in [-0.25, -0.2) is 8.78 Å². The average molecular weight is 505 g/mol. The van der Waals surface area contributed by atoms with Gasteiger partial charge in [0.15, 0.2) is 17.5 Å². The number of halogens is 5. The van der Waals surface area contributed by atoms with E-state index in [4.69, 9.17) is 0 Å². The molecule has 2 aliphatic rings. The fourth-order valence-electron chi connectivity index (χ4n) is 4.99. The van der Waals surface area contributed by atoms with Gasteiger partial charge in [0.05, 0.1) is 29.0 Å². The lowest BCUT2D eigenvalue weighted by atomic mass is 9.93. The van der Waals surface area contributed by atoms with E-state index in [1.54, 1.807) is 6.92 Å². The summed E-state index contributed by atoms with van der Waals surface area (Å²) in [6.45, 7) is 2.40. The van der Waals surface area contributed by atoms with E-state index in [0.717, 1.165) is 16.7 Å². The number of nitriles is 1. The molecule has 2 aromatic heterocycles. The number of aryl methyl sites for hydroxylation is 1. The molecule has 0 aliphatic carbocycles. The van der Waals surface area contributed by atoms with Crippen molar-refractivity contribution in [2.75, 3.05) is 24.5 Å². The van der Waals surface area contributed by atoms with Crippen molar-refractivity contribution in [1.29, 1.82) is 5.26 Å². The molecule has 4 heterocycles. The second kappa shape index (κ2) is 8.69. The number of carbonyl (C=O) groups excluding carboxylic acids is 1. The fourth-order valence-corrected chi connectivity index (χ4v) is 4.99. The van der Waals surface area contributed by atoms with Gasteiger partial charge in [-0.05, 0) is 25.8 Å². The van der Waals surface area contributed by atoms with Gasteiger partial charge in [-0.15, -0.1) is 10.2 Å². The van der Waals surface area contributed by atoms with Crippen LogP contribution in [0.3, 0.4) is 0 Å². The maximum Gasteiger partial charge on any atom is 0.451 e. The third-order valence-corrected chi connectivity index (χ3v) is 6.77. The molecular weight excluding hydrogens is 485 g/mol. The monoisotopic (exact) mass is 505 g/mol. The van der Waals surface area contributed by atoms with Crippen molar-refractivity contribution in [2.24, 2.45) is 5.92 Å². The Kier molecular flexibility index (Phi) is 5.77. The average Bonchev–Trinajstić information content (AvgIpc) is 3.28. The lowest BCUT2D eigenvalue weighted by Gasteiger charge is -2.37. The maximum atomic E-state index is 14.1. The quantitative estimate of drug-likeness (QED) is 0.495. The number of aromatic nitrogens is 4. The second-order valence-electron chi connectivity index (χ2n) is 8.93. The number of hydrogen-bond acceptors (Lipinski definition) is 6. The Balaban J connectivity index is 1.34. The van der Waals surface area contributed by atoms with Gasteiger partial charge < -0.3 is 14.4 Å². The Morgan fingerprint density at radius 1 is 1.08 bits per heavy atom. The van der Waals surface area contributed by atoms with Gasteiger partial charge in [0.2, 0.25) is 11.7 Å². The Morgan fingerprint density at radius 2 is 1.78 bits per heavy atom. The van der Waals surface area contributed by atoms with Crippen LogP contribution in [0.1, 0.15) is 35.7 Å². The summed E-state index contributed by atoms with van der Waals surface area (Å²) < 4.78 is 68.1. The summed E-state index contributed by atoms with van der Waals surface area (Å²) in [6, 6.07) is 4.13. The molecule has 0 unspecified atom stereocenters. The predicted molar refractivity (Wildman–Crippen MR) is 116 cm³/mol. The van der Waals surface area contributed by atoms with Crippen LogP contribution in [0, 0.1) is 35.8 Å². The Labute approximate surface area is 201 Å². The molecule has 5 rings (SSSR count). The van der Waals surface area contributed by atoms with E-state index in [9.17, 15) is 32.0 Å². The lowest BCUT2D eigenvalue weighted by Crippen LogP contribution is -2.45. The Bertz CT molecular complexity index is 1400. The number of anilines is 1. The predicted octanol–water partition coefficient (Wildman–Crippen LogP) is 3.56. The van der Waals surface area contributed by atoms with Crippen LogP contribution in [0.25, 0.3) is 10.9 Å². The van der Waals surface area contributed by atoms with Crippen molar-refractivity contribution in [2.45, 2.75) is 39.0 Å². The summed E-state index contributed by atoms with van der Waals surface area (Å²) in [6.07, 6.45) is -3.77. The summed E-state index contributed by atoms with van der Waals surface area (Å²) in [5, 5.41) is 16.9. The van der Waals surface area contributed by atoms with Gasteiger partial charge in [0, 0.05) is 43.5 Å². The third kappa shape index (κ3) is 4.00. The van der Waals surface area contributed by atoms with Crippen LogP contribution in [-0.2, 0) is 24.1 Å². The Morgan fingerprint density at radius 3 is 2.44 bits per heavy atom. The van der Waals surface area contributed by atoms with Crippen molar-refractivity contribution in [3.8, 4) is 6.07 Å². The zero-order valence-electron chi connectivity index (χ0n) is 19.1. The molecule has 0 N–H and O–H groups in total. The standard InChI is InChI=1S/C23H20F5N7O/c1-12-15(10-29)20(14-8-16(24)17(25)9-18(14)30-12)33-4-2-13(3-5-33)21(36)34-6-7-35-19(11-34)31-32-22(35)23(26,27)28/h8-9,13H,2-7,11H2,1H3. The third-order valence-electron chi connectivity index (χ3n) is 6.77. The minimum atomic E-state index is -4.61. The van der Waals surface area contributed by atoms with Crippen LogP contribution in [0.15, 0.2) is 12.1 Å². The van der Waals surface area contributed by atoms with Crippen molar-refractivity contribution < 1.29 is 26.7 Å². The normalized spacial score (nSPS) is 16.8. The van der Waals surface area contributed by atoms with Gasteiger partial charge in [-0.1, -0.05) is 0 Å². The van der Waals surface area contributed by atoms with Gasteiger partial charge >= 0.3 is 6.18 Å². The van der Waals surface area contributed by atoms with Crippen LogP contribution in [-0.4, -0.2) is 50.2 Å². The number of rotatable bonds is 2. The highest BCUT2D eigenvalue weighted by Crippen LogP contribution is 2.36. The van der Waals surface area contributed by atoms with E-state index in [0.29, 0.717) is 42.7 Å². The second-order valence-corrected chi connectivity index (χ2v) is 8.93. The molecule has 13 heteroatoms. The number of amides is 1. The first-order valence-corrected chi connectivity index (χ1v) is 11.3. The number of alkyl halides is 3. The molecule has 188 valence electrons. The highest BCUT2D eigenvalue weighted by Gasteiger charge is 2.40. The van der Waals surface area contributed by atoms with Crippen LogP contribution < -0.4 is 4.90 Å². The smallest absolute Gasteiger partial charge is 0.370 e. The van der Waals surface area contributed by atoms with Crippen molar-refractivity contribution >= 4 is 22.5 Å². The molecule has 1 saturated heterocycles. The van der Waals surface area contributed by atoms with Crippen LogP contribution >= 0.6 is 0 Å². The van der Waals surface area contributed by atoms with E-state index < -0.39 is 23.6 Å². The molecule has 0 spiro atoms. The summed E-state index contributed by atoms with van der Waals surface area (Å²) >= 11 is 0. The van der Waals surface area contributed by atoms with Crippen molar-refractivity contribution in [1.82, 2.24) is 24.6 Å². The molecule has 1 aromatic carbocycles. The topological polar surface area (TPSA) is 90.9 Å². The molecule has 0 bridgehead atoms. The molecule has 1 fully saturated rings. The summed E-state index contributed by atoms with van der Waals surface area (Å²) in [4.78, 5) is 20.8. The number of hydrogen-bond donors (Lipinski definition) is 0. The zero-order valence-corrected chi connectivity index (χ0v) is 19.1. The minimum Gasteiger partial charge on any atom is -0.370 e. The number of nitrogens with zero attached hydrogens (tertiary/aromatic N) is 7. The minimum absolute atomic E-state index is 0.0440. The molecule has 8 nitrogen and oxygen atoms in total. The number of piperidine rings is 1. The largest absolute Gasteiger partial charge is 0.451 e. The number of fused-ring (bicyclic) bond motifs is 2. The molecule has 0 atom stereocenters. The van der Waals surface area contributed by atoms with E-state index in [2.05, 4.69) is 21.3 Å². The molecule has 3 aromatic rings. The molecular formula is C23H20F5N7O. The maximum absolute atomic E-state index is 14.1. The molecule has 36 heavy (non-hydrogen) atoms. The van der Waals surface area contributed by atoms with E-state index in [1.807, 2.05) is 4.90 Å². The molecule has 0 saturated carbocycles. The van der Waals surface area contributed by atoms with Crippen molar-refractivity contribution in [3.05, 3.63) is 46.7 Å². The van der Waals surface area contributed by atoms with Gasteiger partial charge in [-0.3, -0.25) is 9.78 Å². The van der Waals surface area contributed by atoms with E-state index in [1.165, 1.54) is 4.90 Å². The zero-order chi connectivity index (χ0) is 25.8. The molecule has 2 aliphatic heterocycles. The highest BCUT2D eigenvalue weighted by atomic mass is 19.4. The number of pyridine rings is 1. The Hall–Kier alpha value is -3.82. The number of carbonyl (C=O) groups is 1. The van der Waals surface area contributed by atoms with E-state index in [-0.39, 0.29) is 48.4 Å². The SMILES string of the molecule is Cc1nc2cc(F)c(F)cc2c(N2CCC(C(=O)N3CCn4c(nnc4C(F)(F)F)C3)CC2)c1C#N. The van der Waals surface area contributed by atoms with E-state index >= 15 is 0 Å². The first kappa shape index (κ1) is 23.9. The highest BCUT2D eigenvalue weighted by molar-refractivity contribution is 5.95. The fraction of sp³-hybridized carbons (Fsp3) is 0.435. The number of benzene rings is 1. The summed E-state index contributed by atoms with van der Waals surface area (Å²) in [5.41, 5.74) is 1.33. The molecule has 1 amide bonds. The first-order valence-electron chi connectivity index (χ1n) is 11.3. The lowest BCUT2D eigenvalue weighted by molar-refractivity contribution is -0.148. The van der Waals surface area contributed by atoms with Crippen molar-refractivity contribution in [3.63, 3.8) is 0 Å². The summed E-state index contributed by atoms with van der Waals surface area (Å²) in [5.74, 6) is -3.61. The summed E-state index contributed by atoms with van der Waals surface area (Å²) in [7, 11) is 0. The van der Waals surface area contributed by atoms with Gasteiger partial charge in [0.1, 0.15) is 6.07 Å².